The van der Waals surface area contributed by atoms with Gasteiger partial charge in [0.15, 0.2) is 6.10 Å². The number of halogens is 3. The van der Waals surface area contributed by atoms with Gasteiger partial charge in [-0.15, -0.1) is 0 Å². The first-order chi connectivity index (χ1) is 7.07. The summed E-state index contributed by atoms with van der Waals surface area (Å²) in [6.45, 7) is 2.04. The van der Waals surface area contributed by atoms with Crippen molar-refractivity contribution >= 4 is 5.97 Å². The van der Waals surface area contributed by atoms with Crippen molar-refractivity contribution in [3.05, 3.63) is 0 Å². The standard InChI is InChI=1S/C9H16F3NO3/c1-6(9(10,11)12)16-5-3-4-8(2,13)7(14)15/h6H,3-5,13H2,1-2H3,(H,14,15). The summed E-state index contributed by atoms with van der Waals surface area (Å²) in [5.74, 6) is -1.18. The maximum atomic E-state index is 12.0. The first-order valence-corrected chi connectivity index (χ1v) is 4.78. The van der Waals surface area contributed by atoms with Crippen molar-refractivity contribution in [2.75, 3.05) is 6.61 Å². The second-order valence-electron chi connectivity index (χ2n) is 3.88. The number of hydrogen-bond donors (Lipinski definition) is 2. The molecule has 2 atom stereocenters. The summed E-state index contributed by atoms with van der Waals surface area (Å²) < 4.78 is 40.5. The second-order valence-corrected chi connectivity index (χ2v) is 3.88. The average molecular weight is 243 g/mol. The van der Waals surface area contributed by atoms with Crippen LogP contribution in [0.5, 0.6) is 0 Å². The molecule has 0 saturated heterocycles. The van der Waals surface area contributed by atoms with Crippen LogP contribution in [0.25, 0.3) is 0 Å². The molecular formula is C9H16F3NO3. The molecule has 4 nitrogen and oxygen atoms in total. The largest absolute Gasteiger partial charge is 0.480 e. The van der Waals surface area contributed by atoms with Crippen LogP contribution in [-0.2, 0) is 9.53 Å². The normalized spacial score (nSPS) is 17.9. The molecule has 0 aromatic carbocycles. The Morgan fingerprint density at radius 1 is 1.50 bits per heavy atom. The third-order valence-corrected chi connectivity index (χ3v) is 2.16. The van der Waals surface area contributed by atoms with Crippen molar-refractivity contribution in [1.82, 2.24) is 0 Å². The molecule has 0 radical (unpaired) electrons. The lowest BCUT2D eigenvalue weighted by atomic mass is 9.98. The van der Waals surface area contributed by atoms with Crippen molar-refractivity contribution in [1.29, 1.82) is 0 Å². The molecule has 0 aromatic rings. The van der Waals surface area contributed by atoms with E-state index in [4.69, 9.17) is 10.8 Å². The van der Waals surface area contributed by atoms with E-state index in [0.717, 1.165) is 6.92 Å². The van der Waals surface area contributed by atoms with Gasteiger partial charge in [-0.2, -0.15) is 13.2 Å². The second kappa shape index (κ2) is 5.49. The number of nitrogens with two attached hydrogens (primary N) is 1. The zero-order chi connectivity index (χ0) is 13.0. The first kappa shape index (κ1) is 15.2. The minimum Gasteiger partial charge on any atom is -0.480 e. The van der Waals surface area contributed by atoms with Gasteiger partial charge in [0.2, 0.25) is 0 Å². The van der Waals surface area contributed by atoms with E-state index < -0.39 is 23.8 Å². The van der Waals surface area contributed by atoms with Gasteiger partial charge in [0.25, 0.3) is 0 Å². The number of alkyl halides is 3. The summed E-state index contributed by atoms with van der Waals surface area (Å²) in [7, 11) is 0. The summed E-state index contributed by atoms with van der Waals surface area (Å²) in [4.78, 5) is 10.6. The number of carboxylic acids is 1. The molecule has 0 amide bonds. The fourth-order valence-corrected chi connectivity index (χ4v) is 0.901. The minimum absolute atomic E-state index is 0.0624. The molecule has 0 bridgehead atoms. The van der Waals surface area contributed by atoms with Crippen LogP contribution in [0.3, 0.4) is 0 Å². The van der Waals surface area contributed by atoms with Crippen molar-refractivity contribution in [3.8, 4) is 0 Å². The highest BCUT2D eigenvalue weighted by Gasteiger charge is 2.37. The SMILES string of the molecule is CC(OCCCC(C)(N)C(=O)O)C(F)(F)F. The number of aliphatic carboxylic acids is 1. The Bertz CT molecular complexity index is 241. The lowest BCUT2D eigenvalue weighted by Gasteiger charge is -2.20. The summed E-state index contributed by atoms with van der Waals surface area (Å²) in [5, 5.41) is 8.63. The van der Waals surface area contributed by atoms with Crippen LogP contribution in [0.2, 0.25) is 0 Å². The molecule has 0 spiro atoms. The molecular weight excluding hydrogens is 227 g/mol. The first-order valence-electron chi connectivity index (χ1n) is 4.78. The quantitative estimate of drug-likeness (QED) is 0.694. The van der Waals surface area contributed by atoms with Crippen LogP contribution in [0.4, 0.5) is 13.2 Å². The number of ether oxygens (including phenoxy) is 1. The average Bonchev–Trinajstić information content (AvgIpc) is 2.10. The van der Waals surface area contributed by atoms with Gasteiger partial charge in [0, 0.05) is 6.61 Å². The van der Waals surface area contributed by atoms with E-state index in [-0.39, 0.29) is 19.4 Å². The molecule has 3 N–H and O–H groups in total. The molecule has 0 aromatic heterocycles. The Labute approximate surface area is 91.6 Å². The fourth-order valence-electron chi connectivity index (χ4n) is 0.901. The van der Waals surface area contributed by atoms with Gasteiger partial charge in [0.05, 0.1) is 0 Å². The molecule has 0 aliphatic heterocycles. The lowest BCUT2D eigenvalue weighted by Crippen LogP contribution is -2.45. The number of carbonyl (C=O) groups is 1. The molecule has 0 rings (SSSR count). The van der Waals surface area contributed by atoms with E-state index in [1.165, 1.54) is 6.92 Å². The lowest BCUT2D eigenvalue weighted by molar-refractivity contribution is -0.214. The van der Waals surface area contributed by atoms with Gasteiger partial charge in [-0.25, -0.2) is 0 Å². The fraction of sp³-hybridized carbons (Fsp3) is 0.889. The Morgan fingerprint density at radius 3 is 2.38 bits per heavy atom. The molecule has 0 heterocycles. The summed E-state index contributed by atoms with van der Waals surface area (Å²) in [6.07, 6.45) is -6.01. The molecule has 0 aliphatic carbocycles. The highest BCUT2D eigenvalue weighted by molar-refractivity contribution is 5.77. The summed E-state index contributed by atoms with van der Waals surface area (Å²) in [5.41, 5.74) is 3.96. The molecule has 0 aliphatic rings. The van der Waals surface area contributed by atoms with E-state index in [0.29, 0.717) is 0 Å². The van der Waals surface area contributed by atoms with Crippen molar-refractivity contribution < 1.29 is 27.8 Å². The molecule has 2 unspecified atom stereocenters. The predicted octanol–water partition coefficient (Wildman–Crippen LogP) is 1.54. The van der Waals surface area contributed by atoms with Crippen LogP contribution >= 0.6 is 0 Å². The van der Waals surface area contributed by atoms with Crippen molar-refractivity contribution in [2.24, 2.45) is 5.73 Å². The highest BCUT2D eigenvalue weighted by atomic mass is 19.4. The maximum absolute atomic E-state index is 12.0. The Morgan fingerprint density at radius 2 is 2.00 bits per heavy atom. The zero-order valence-corrected chi connectivity index (χ0v) is 9.17. The van der Waals surface area contributed by atoms with Crippen molar-refractivity contribution in [2.45, 2.75) is 44.5 Å². The van der Waals surface area contributed by atoms with Crippen LogP contribution in [0, 0.1) is 0 Å². The Kier molecular flexibility index (Phi) is 5.21. The van der Waals surface area contributed by atoms with Gasteiger partial charge in [0.1, 0.15) is 5.54 Å². The third kappa shape index (κ3) is 5.32. The van der Waals surface area contributed by atoms with Crippen LogP contribution in [0.15, 0.2) is 0 Å². The Balaban J connectivity index is 3.82. The summed E-state index contributed by atoms with van der Waals surface area (Å²) >= 11 is 0. The van der Waals surface area contributed by atoms with Crippen LogP contribution in [0.1, 0.15) is 26.7 Å². The van der Waals surface area contributed by atoms with Crippen LogP contribution in [-0.4, -0.2) is 35.5 Å². The van der Waals surface area contributed by atoms with E-state index in [2.05, 4.69) is 4.74 Å². The maximum Gasteiger partial charge on any atom is 0.414 e. The predicted molar refractivity (Wildman–Crippen MR) is 50.9 cm³/mol. The van der Waals surface area contributed by atoms with Crippen molar-refractivity contribution in [3.63, 3.8) is 0 Å². The van der Waals surface area contributed by atoms with Gasteiger partial charge in [-0.1, -0.05) is 0 Å². The molecule has 96 valence electrons. The molecule has 0 fully saturated rings. The van der Waals surface area contributed by atoms with Gasteiger partial charge in [-0.05, 0) is 26.7 Å². The highest BCUT2D eigenvalue weighted by Crippen LogP contribution is 2.22. The Hall–Kier alpha value is -0.820. The van der Waals surface area contributed by atoms with E-state index in [1.54, 1.807) is 0 Å². The smallest absolute Gasteiger partial charge is 0.414 e. The van der Waals surface area contributed by atoms with Gasteiger partial charge in [-0.3, -0.25) is 4.79 Å². The minimum atomic E-state index is -4.39. The topological polar surface area (TPSA) is 72.5 Å². The van der Waals surface area contributed by atoms with E-state index >= 15 is 0 Å². The third-order valence-electron chi connectivity index (χ3n) is 2.16. The van der Waals surface area contributed by atoms with E-state index in [1.807, 2.05) is 0 Å². The van der Waals surface area contributed by atoms with Crippen LogP contribution < -0.4 is 5.73 Å². The molecule has 7 heteroatoms. The summed E-state index contributed by atoms with van der Waals surface area (Å²) in [6, 6.07) is 0. The molecule has 16 heavy (non-hydrogen) atoms. The van der Waals surface area contributed by atoms with E-state index in [9.17, 15) is 18.0 Å². The monoisotopic (exact) mass is 243 g/mol. The van der Waals surface area contributed by atoms with Gasteiger partial charge >= 0.3 is 12.1 Å². The van der Waals surface area contributed by atoms with Gasteiger partial charge < -0.3 is 15.6 Å². The number of hydrogen-bond acceptors (Lipinski definition) is 3. The molecule has 0 saturated carbocycles. The zero-order valence-electron chi connectivity index (χ0n) is 9.17. The number of rotatable bonds is 6. The number of carboxylic acid groups (broad SMARTS) is 1.